The van der Waals surface area contributed by atoms with Crippen LogP contribution in [-0.4, -0.2) is 45.6 Å². The maximum atomic E-state index is 12.2. The molecule has 0 unspecified atom stereocenters. The van der Waals surface area contributed by atoms with Gasteiger partial charge in [0.25, 0.3) is 0 Å². The van der Waals surface area contributed by atoms with Crippen molar-refractivity contribution in [2.45, 2.75) is 39.7 Å². The Balaban J connectivity index is 2.36. The summed E-state index contributed by atoms with van der Waals surface area (Å²) < 4.78 is 17.6. The van der Waals surface area contributed by atoms with Crippen LogP contribution in [0.2, 0.25) is 6.04 Å². The van der Waals surface area contributed by atoms with Gasteiger partial charge in [0.2, 0.25) is 5.91 Å². The number of aryl methyl sites for hydroxylation is 1. The first-order valence-electron chi connectivity index (χ1n) is 9.88. The number of hydrogen-bond donors (Lipinski definition) is 2. The number of carbonyl (C=O) groups excluding carboxylic acids is 1. The lowest BCUT2D eigenvalue weighted by Gasteiger charge is -2.28. The van der Waals surface area contributed by atoms with Crippen molar-refractivity contribution in [2.75, 3.05) is 19.8 Å². The Morgan fingerprint density at radius 1 is 1.00 bits per heavy atom. The highest BCUT2D eigenvalue weighted by atomic mass is 28.4. The van der Waals surface area contributed by atoms with Crippen LogP contribution < -0.4 is 5.73 Å². The van der Waals surface area contributed by atoms with Crippen molar-refractivity contribution >= 4 is 31.5 Å². The summed E-state index contributed by atoms with van der Waals surface area (Å²) in [6, 6.07) is 9.16. The predicted molar refractivity (Wildman–Crippen MR) is 113 cm³/mol. The highest BCUT2D eigenvalue weighted by molar-refractivity contribution is 6.60. The van der Waals surface area contributed by atoms with Crippen molar-refractivity contribution in [1.29, 1.82) is 0 Å². The molecule has 158 valence electrons. The standard InChI is InChI=1S/C21H29NO6Si/c1-4-26-29(27-5-2,28-6-3)14-8-10-16-13-12-15-9-7-11-17(21(24)25)18(15)19(16)20(22)23/h7,9,11-13H,4-6,8,10,14H2,1-3H3,(H2,22,23)(H,24,25). The Kier molecular flexibility index (Phi) is 8.33. The number of amides is 1. The molecule has 0 aliphatic heterocycles. The van der Waals surface area contributed by atoms with Gasteiger partial charge in [-0.25, -0.2) is 4.79 Å². The maximum absolute atomic E-state index is 12.2. The van der Waals surface area contributed by atoms with Crippen LogP contribution >= 0.6 is 0 Å². The molecule has 0 atom stereocenters. The van der Waals surface area contributed by atoms with Crippen molar-refractivity contribution in [3.05, 3.63) is 47.0 Å². The molecule has 0 heterocycles. The normalized spacial score (nSPS) is 11.7. The molecule has 1 amide bonds. The molecule has 2 rings (SSSR count). The molecule has 7 nitrogen and oxygen atoms in total. The van der Waals surface area contributed by atoms with E-state index in [0.29, 0.717) is 55.0 Å². The van der Waals surface area contributed by atoms with Gasteiger partial charge in [-0.2, -0.15) is 0 Å². The first kappa shape index (κ1) is 23.0. The second kappa shape index (κ2) is 10.5. The van der Waals surface area contributed by atoms with Crippen LogP contribution in [0.15, 0.2) is 30.3 Å². The van der Waals surface area contributed by atoms with E-state index < -0.39 is 20.7 Å². The Bertz CT molecular complexity index is 853. The fourth-order valence-corrected chi connectivity index (χ4v) is 6.20. The van der Waals surface area contributed by atoms with Gasteiger partial charge in [0.05, 0.1) is 11.1 Å². The average molecular weight is 420 g/mol. The molecule has 0 aliphatic carbocycles. The largest absolute Gasteiger partial charge is 0.500 e. The third-order valence-electron chi connectivity index (χ3n) is 4.63. The number of carbonyl (C=O) groups is 2. The van der Waals surface area contributed by atoms with Crippen LogP contribution in [0.3, 0.4) is 0 Å². The monoisotopic (exact) mass is 419 g/mol. The zero-order valence-electron chi connectivity index (χ0n) is 17.2. The third-order valence-corrected chi connectivity index (χ3v) is 7.78. The molecule has 0 radical (unpaired) electrons. The van der Waals surface area contributed by atoms with Gasteiger partial charge in [0.1, 0.15) is 0 Å². The first-order chi connectivity index (χ1) is 13.9. The van der Waals surface area contributed by atoms with Gasteiger partial charge in [-0.1, -0.05) is 24.3 Å². The molecule has 2 aromatic rings. The summed E-state index contributed by atoms with van der Waals surface area (Å²) in [5.74, 6) is -1.73. The van der Waals surface area contributed by atoms with Crippen molar-refractivity contribution in [2.24, 2.45) is 5.73 Å². The van der Waals surface area contributed by atoms with Crippen LogP contribution in [0.25, 0.3) is 10.8 Å². The average Bonchev–Trinajstić information content (AvgIpc) is 2.67. The van der Waals surface area contributed by atoms with Crippen molar-refractivity contribution in [1.82, 2.24) is 0 Å². The van der Waals surface area contributed by atoms with E-state index in [1.54, 1.807) is 12.1 Å². The molecule has 0 aliphatic rings. The number of rotatable bonds is 12. The molecular weight excluding hydrogens is 390 g/mol. The minimum Gasteiger partial charge on any atom is -0.478 e. The molecular formula is C21H29NO6Si. The minimum atomic E-state index is -2.79. The second-order valence-electron chi connectivity index (χ2n) is 6.51. The third kappa shape index (κ3) is 5.42. The fourth-order valence-electron chi connectivity index (χ4n) is 3.59. The summed E-state index contributed by atoms with van der Waals surface area (Å²) in [7, 11) is -2.79. The van der Waals surface area contributed by atoms with E-state index in [9.17, 15) is 14.7 Å². The SMILES string of the molecule is CCO[Si](CCCc1ccc2cccc(C(=O)O)c2c1C(N)=O)(OCC)OCC. The van der Waals surface area contributed by atoms with Crippen LogP contribution in [0.4, 0.5) is 0 Å². The molecule has 0 saturated heterocycles. The minimum absolute atomic E-state index is 0.0693. The van der Waals surface area contributed by atoms with Crippen LogP contribution in [0.1, 0.15) is 53.5 Å². The van der Waals surface area contributed by atoms with Crippen LogP contribution in [0.5, 0.6) is 0 Å². The van der Waals surface area contributed by atoms with Gasteiger partial charge >= 0.3 is 14.8 Å². The quantitative estimate of drug-likeness (QED) is 0.509. The second-order valence-corrected chi connectivity index (χ2v) is 9.24. The number of carboxylic acid groups (broad SMARTS) is 1. The molecule has 3 N–H and O–H groups in total. The summed E-state index contributed by atoms with van der Waals surface area (Å²) in [6.45, 7) is 7.20. The Morgan fingerprint density at radius 3 is 2.14 bits per heavy atom. The molecule has 0 aromatic heterocycles. The summed E-state index contributed by atoms with van der Waals surface area (Å²) in [6.07, 6.45) is 1.19. The summed E-state index contributed by atoms with van der Waals surface area (Å²) >= 11 is 0. The molecule has 8 heteroatoms. The number of fused-ring (bicyclic) bond motifs is 1. The molecule has 0 spiro atoms. The summed E-state index contributed by atoms with van der Waals surface area (Å²) in [4.78, 5) is 23.9. The van der Waals surface area contributed by atoms with E-state index in [-0.39, 0.29) is 11.1 Å². The highest BCUT2D eigenvalue weighted by Gasteiger charge is 2.39. The van der Waals surface area contributed by atoms with E-state index in [4.69, 9.17) is 19.0 Å². The fraction of sp³-hybridized carbons (Fsp3) is 0.429. The van der Waals surface area contributed by atoms with Gasteiger partial charge < -0.3 is 24.1 Å². The van der Waals surface area contributed by atoms with E-state index in [0.717, 1.165) is 0 Å². The van der Waals surface area contributed by atoms with Gasteiger partial charge in [-0.05, 0) is 50.6 Å². The van der Waals surface area contributed by atoms with Crippen molar-refractivity contribution < 1.29 is 28.0 Å². The van der Waals surface area contributed by atoms with Crippen molar-refractivity contribution in [3.8, 4) is 0 Å². The summed E-state index contributed by atoms with van der Waals surface area (Å²) in [5.41, 5.74) is 6.70. The van der Waals surface area contributed by atoms with E-state index >= 15 is 0 Å². The lowest BCUT2D eigenvalue weighted by Crippen LogP contribution is -2.46. The lowest BCUT2D eigenvalue weighted by molar-refractivity contribution is 0.0693. The zero-order chi connectivity index (χ0) is 21.4. The molecule has 0 fully saturated rings. The van der Waals surface area contributed by atoms with Gasteiger partial charge in [0, 0.05) is 31.3 Å². The van der Waals surface area contributed by atoms with Crippen LogP contribution in [0, 0.1) is 0 Å². The van der Waals surface area contributed by atoms with E-state index in [2.05, 4.69) is 0 Å². The van der Waals surface area contributed by atoms with Gasteiger partial charge in [0.15, 0.2) is 0 Å². The maximum Gasteiger partial charge on any atom is 0.500 e. The number of benzene rings is 2. The van der Waals surface area contributed by atoms with E-state index in [1.807, 2.05) is 32.9 Å². The topological polar surface area (TPSA) is 108 Å². The predicted octanol–water partition coefficient (Wildman–Crippen LogP) is 3.62. The van der Waals surface area contributed by atoms with E-state index in [1.165, 1.54) is 6.07 Å². The van der Waals surface area contributed by atoms with Crippen LogP contribution in [-0.2, 0) is 19.7 Å². The number of aromatic carboxylic acids is 1. The Hall–Kier alpha value is -2.26. The smallest absolute Gasteiger partial charge is 0.478 e. The molecule has 2 aromatic carbocycles. The number of primary amides is 1. The molecule has 29 heavy (non-hydrogen) atoms. The lowest BCUT2D eigenvalue weighted by atomic mass is 9.92. The summed E-state index contributed by atoms with van der Waals surface area (Å²) in [5, 5.41) is 10.6. The van der Waals surface area contributed by atoms with Gasteiger partial charge in [-0.15, -0.1) is 0 Å². The zero-order valence-corrected chi connectivity index (χ0v) is 18.2. The highest BCUT2D eigenvalue weighted by Crippen LogP contribution is 2.28. The molecule has 0 saturated carbocycles. The van der Waals surface area contributed by atoms with Gasteiger partial charge in [-0.3, -0.25) is 4.79 Å². The Morgan fingerprint density at radius 2 is 1.62 bits per heavy atom. The molecule has 0 bridgehead atoms. The van der Waals surface area contributed by atoms with Crippen molar-refractivity contribution in [3.63, 3.8) is 0 Å². The first-order valence-corrected chi connectivity index (χ1v) is 11.8. The number of hydrogen-bond acceptors (Lipinski definition) is 5. The number of carboxylic acids is 1. The Labute approximate surface area is 172 Å². The number of nitrogens with two attached hydrogens (primary N) is 1.